The van der Waals surface area contributed by atoms with Gasteiger partial charge < -0.3 is 60.5 Å². The summed E-state index contributed by atoms with van der Waals surface area (Å²) < 4.78 is 11.8. The van der Waals surface area contributed by atoms with Crippen molar-refractivity contribution in [2.24, 2.45) is 0 Å². The van der Waals surface area contributed by atoms with Crippen LogP contribution < -0.4 is 4.74 Å². The van der Waals surface area contributed by atoms with Crippen molar-refractivity contribution < 1.29 is 65.3 Å². The Morgan fingerprint density at radius 1 is 0.610 bits per heavy atom. The zero-order chi connectivity index (χ0) is 29.7. The van der Waals surface area contributed by atoms with E-state index in [-0.39, 0.29) is 22.4 Å². The van der Waals surface area contributed by atoms with E-state index in [0.29, 0.717) is 0 Å². The number of carbonyl (C=O) groups is 1. The smallest absolute Gasteiger partial charge is 0.338 e. The van der Waals surface area contributed by atoms with Gasteiger partial charge in [0.25, 0.3) is 0 Å². The zero-order valence-electron chi connectivity index (χ0n) is 20.6. The Labute approximate surface area is 229 Å². The number of hydrogen-bond acceptors (Lipinski definition) is 13. The number of carbonyl (C=O) groups excluding carboxylic acids is 1. The number of ether oxygens (including phenoxy) is 2. The second-order valence-electron chi connectivity index (χ2n) is 9.28. The molecule has 0 spiro atoms. The number of phenols is 10. The quantitative estimate of drug-likeness (QED) is 0.126. The van der Waals surface area contributed by atoms with E-state index in [1.807, 2.05) is 0 Å². The Morgan fingerprint density at radius 2 is 1.17 bits per heavy atom. The molecule has 0 saturated carbocycles. The second kappa shape index (κ2) is 9.72. The first kappa shape index (κ1) is 26.7. The topological polar surface area (TPSA) is 238 Å². The van der Waals surface area contributed by atoms with Crippen molar-refractivity contribution in [1.82, 2.24) is 0 Å². The van der Waals surface area contributed by atoms with E-state index in [1.165, 1.54) is 6.07 Å². The number of hydrogen-bond donors (Lipinski definition) is 10. The zero-order valence-corrected chi connectivity index (χ0v) is 20.6. The minimum Gasteiger partial charge on any atom is -0.508 e. The molecule has 13 nitrogen and oxygen atoms in total. The molecule has 212 valence electrons. The van der Waals surface area contributed by atoms with Crippen LogP contribution in [0.15, 0.2) is 54.6 Å². The molecule has 0 aliphatic carbocycles. The van der Waals surface area contributed by atoms with Gasteiger partial charge in [-0.15, -0.1) is 0 Å². The van der Waals surface area contributed by atoms with Crippen molar-refractivity contribution in [3.63, 3.8) is 0 Å². The third kappa shape index (κ3) is 4.65. The third-order valence-corrected chi connectivity index (χ3v) is 6.62. The highest BCUT2D eigenvalue weighted by atomic mass is 16.6. The normalized spacial score (nSPS) is 17.8. The summed E-state index contributed by atoms with van der Waals surface area (Å²) in [6.45, 7) is 0. The number of phenolic OH excluding ortho intramolecular Hbond substituents is 10. The van der Waals surface area contributed by atoms with Crippen molar-refractivity contribution in [3.05, 3.63) is 76.9 Å². The van der Waals surface area contributed by atoms with Crippen molar-refractivity contribution >= 4 is 5.97 Å². The largest absolute Gasteiger partial charge is 0.508 e. The maximum Gasteiger partial charge on any atom is 0.338 e. The van der Waals surface area contributed by atoms with Crippen molar-refractivity contribution in [3.8, 4) is 63.2 Å². The van der Waals surface area contributed by atoms with E-state index in [9.17, 15) is 55.9 Å². The van der Waals surface area contributed by atoms with Crippen LogP contribution in [0.25, 0.3) is 0 Å². The lowest BCUT2D eigenvalue weighted by atomic mass is 9.79. The molecule has 13 heteroatoms. The highest BCUT2D eigenvalue weighted by Gasteiger charge is 2.45. The summed E-state index contributed by atoms with van der Waals surface area (Å²) in [5.41, 5.74) is -0.368. The molecule has 1 heterocycles. The standard InChI is InChI=1S/C28H22O13/c29-13-8-16(32)23-21(9-13)40-26(10-1-2-14(30)15(31)3-10)27(22(23)11-4-17(33)24(37)18(34)5-11)41-28(39)12-6-19(35)25(38)20(36)7-12/h1-9,22,26-27,29-38H/t22-,26+,27+/m0/s1. The van der Waals surface area contributed by atoms with Crippen molar-refractivity contribution in [2.45, 2.75) is 18.1 Å². The molecule has 41 heavy (non-hydrogen) atoms. The molecule has 0 fully saturated rings. The lowest BCUT2D eigenvalue weighted by molar-refractivity contribution is -0.0269. The van der Waals surface area contributed by atoms with Crippen LogP contribution in [-0.2, 0) is 4.74 Å². The molecule has 5 rings (SSSR count). The van der Waals surface area contributed by atoms with Gasteiger partial charge in [0.05, 0.1) is 11.5 Å². The summed E-state index contributed by atoms with van der Waals surface area (Å²) in [6.07, 6.45) is -2.89. The molecule has 0 saturated heterocycles. The van der Waals surface area contributed by atoms with Crippen LogP contribution in [0.3, 0.4) is 0 Å². The predicted octanol–water partition coefficient (Wildman–Crippen LogP) is 3.23. The van der Waals surface area contributed by atoms with Crippen LogP contribution in [0.4, 0.5) is 0 Å². The SMILES string of the molecule is O=C(O[C@@H]1[C@@H](c2cc(O)c(O)c(O)c2)c2c(O)cc(O)cc2O[C@@H]1c1ccc(O)c(O)c1)c1cc(O)c(O)c(O)c1. The molecule has 1 aliphatic rings. The molecular weight excluding hydrogens is 544 g/mol. The molecular formula is C28H22O13. The molecule has 10 N–H and O–H groups in total. The fourth-order valence-electron chi connectivity index (χ4n) is 4.73. The average Bonchev–Trinajstić information content (AvgIpc) is 2.91. The molecule has 1 aliphatic heterocycles. The predicted molar refractivity (Wildman–Crippen MR) is 137 cm³/mol. The van der Waals surface area contributed by atoms with Crippen LogP contribution in [0.1, 0.15) is 39.1 Å². The first-order valence-electron chi connectivity index (χ1n) is 11.8. The fraction of sp³-hybridized carbons (Fsp3) is 0.107. The van der Waals surface area contributed by atoms with E-state index in [1.54, 1.807) is 0 Å². The number of rotatable bonds is 4. The van der Waals surface area contributed by atoms with Crippen molar-refractivity contribution in [1.29, 1.82) is 0 Å². The molecule has 0 unspecified atom stereocenters. The average molecular weight is 566 g/mol. The molecule has 0 amide bonds. The van der Waals surface area contributed by atoms with E-state index < -0.39 is 87.2 Å². The minimum absolute atomic E-state index is 0.00876. The maximum atomic E-state index is 13.3. The number of esters is 1. The van der Waals surface area contributed by atoms with Gasteiger partial charge >= 0.3 is 5.97 Å². The lowest BCUT2D eigenvalue weighted by Gasteiger charge is -2.40. The van der Waals surface area contributed by atoms with E-state index in [4.69, 9.17) is 9.47 Å². The molecule has 3 atom stereocenters. The Hall–Kier alpha value is -5.85. The van der Waals surface area contributed by atoms with Crippen LogP contribution in [0.2, 0.25) is 0 Å². The number of aromatic hydroxyl groups is 10. The molecule has 4 aromatic carbocycles. The van der Waals surface area contributed by atoms with Crippen LogP contribution in [-0.4, -0.2) is 63.1 Å². The summed E-state index contributed by atoms with van der Waals surface area (Å²) in [7, 11) is 0. The molecule has 4 aromatic rings. The van der Waals surface area contributed by atoms with Gasteiger partial charge in [-0.1, -0.05) is 6.07 Å². The van der Waals surface area contributed by atoms with Gasteiger partial charge in [0, 0.05) is 23.3 Å². The van der Waals surface area contributed by atoms with Gasteiger partial charge in [0.2, 0.25) is 0 Å². The first-order chi connectivity index (χ1) is 19.3. The summed E-state index contributed by atoms with van der Waals surface area (Å²) in [6, 6.07) is 9.38. The highest BCUT2D eigenvalue weighted by molar-refractivity contribution is 5.91. The first-order valence-corrected chi connectivity index (χ1v) is 11.8. The maximum absolute atomic E-state index is 13.3. The Bertz CT molecular complexity index is 1650. The molecule has 0 aromatic heterocycles. The summed E-state index contributed by atoms with van der Waals surface area (Å²) >= 11 is 0. The van der Waals surface area contributed by atoms with E-state index in [2.05, 4.69) is 0 Å². The van der Waals surface area contributed by atoms with Gasteiger partial charge in [-0.05, 0) is 42.0 Å². The Balaban J connectivity index is 1.74. The summed E-state index contributed by atoms with van der Waals surface area (Å²) in [4.78, 5) is 13.3. The van der Waals surface area contributed by atoms with Crippen LogP contribution >= 0.6 is 0 Å². The van der Waals surface area contributed by atoms with Gasteiger partial charge in [-0.3, -0.25) is 0 Å². The van der Waals surface area contributed by atoms with Crippen LogP contribution in [0.5, 0.6) is 63.2 Å². The van der Waals surface area contributed by atoms with Crippen molar-refractivity contribution in [2.75, 3.05) is 0 Å². The van der Waals surface area contributed by atoms with Gasteiger partial charge in [0.15, 0.2) is 58.2 Å². The lowest BCUT2D eigenvalue weighted by Crippen LogP contribution is -2.39. The number of fused-ring (bicyclic) bond motifs is 1. The fourth-order valence-corrected chi connectivity index (χ4v) is 4.73. The van der Waals surface area contributed by atoms with Gasteiger partial charge in [-0.2, -0.15) is 0 Å². The van der Waals surface area contributed by atoms with E-state index >= 15 is 0 Å². The van der Waals surface area contributed by atoms with Gasteiger partial charge in [0.1, 0.15) is 17.2 Å². The highest BCUT2D eigenvalue weighted by Crippen LogP contribution is 2.53. The minimum atomic E-state index is -1.53. The Morgan fingerprint density at radius 3 is 1.76 bits per heavy atom. The molecule has 0 bridgehead atoms. The van der Waals surface area contributed by atoms with Gasteiger partial charge in [-0.25, -0.2) is 4.79 Å². The molecule has 0 radical (unpaired) electrons. The third-order valence-electron chi connectivity index (χ3n) is 6.62. The summed E-state index contributed by atoms with van der Waals surface area (Å²) in [5, 5.41) is 101. The second-order valence-corrected chi connectivity index (χ2v) is 9.28. The van der Waals surface area contributed by atoms with E-state index in [0.717, 1.165) is 48.5 Å². The summed E-state index contributed by atoms with van der Waals surface area (Å²) in [5.74, 6) is -9.50. The monoisotopic (exact) mass is 566 g/mol. The number of benzene rings is 4. The Kier molecular flexibility index (Phi) is 6.34. The van der Waals surface area contributed by atoms with Crippen LogP contribution in [0, 0.1) is 0 Å².